The van der Waals surface area contributed by atoms with Crippen LogP contribution in [-0.2, 0) is 4.74 Å². The molecule has 1 aromatic carbocycles. The molecule has 4 rings (SSSR count). The fourth-order valence-electron chi connectivity index (χ4n) is 3.48. The third kappa shape index (κ3) is 3.37. The van der Waals surface area contributed by atoms with Crippen molar-refractivity contribution < 1.29 is 14.9 Å². The van der Waals surface area contributed by atoms with Gasteiger partial charge in [0, 0.05) is 17.1 Å². The first-order valence-corrected chi connectivity index (χ1v) is 8.69. The Kier molecular flexibility index (Phi) is 5.60. The van der Waals surface area contributed by atoms with Crippen molar-refractivity contribution in [1.29, 1.82) is 0 Å². The average Bonchev–Trinajstić information content (AvgIpc) is 3.18. The number of ether oxygens (including phenoxy) is 1. The number of rotatable bonds is 3. The Morgan fingerprint density at radius 3 is 2.56 bits per heavy atom. The number of aliphatic hydroxyl groups excluding tert-OH is 2. The minimum atomic E-state index is -1.10. The number of benzene rings is 1. The van der Waals surface area contributed by atoms with E-state index in [1.807, 2.05) is 19.1 Å². The standard InChI is InChI=1S/C18H19ClN4O3.ClH/c1-9(10-2-4-11(19)5-3-10)15-13(24)14(25)18(26-15)23-7-6-12-16(20)21-8-22-17(12)23;/h2-9,13-15,18,24-25H,1H3,(H2,20,21,22);1H/t9?,13-,14+,15+,18+;/m0./s1. The van der Waals surface area contributed by atoms with Gasteiger partial charge in [-0.1, -0.05) is 30.7 Å². The summed E-state index contributed by atoms with van der Waals surface area (Å²) in [6, 6.07) is 9.14. The lowest BCUT2D eigenvalue weighted by Gasteiger charge is -2.22. The molecule has 0 amide bonds. The highest BCUT2D eigenvalue weighted by molar-refractivity contribution is 6.30. The van der Waals surface area contributed by atoms with E-state index in [1.54, 1.807) is 29.0 Å². The molecule has 3 aromatic rings. The van der Waals surface area contributed by atoms with Crippen LogP contribution in [0.15, 0.2) is 42.9 Å². The van der Waals surface area contributed by atoms with Gasteiger partial charge in [0.05, 0.1) is 11.5 Å². The summed E-state index contributed by atoms with van der Waals surface area (Å²) in [5.74, 6) is 0.219. The van der Waals surface area contributed by atoms with Crippen LogP contribution in [0.5, 0.6) is 0 Å². The molecule has 3 heterocycles. The SMILES string of the molecule is CC(c1ccc(Cl)cc1)[C@H]1O[C@@H](n2ccc3c(N)ncnc32)[C@H](O)[C@@H]1O.Cl. The lowest BCUT2D eigenvalue weighted by atomic mass is 9.91. The van der Waals surface area contributed by atoms with E-state index in [4.69, 9.17) is 22.1 Å². The summed E-state index contributed by atoms with van der Waals surface area (Å²) in [5.41, 5.74) is 7.38. The van der Waals surface area contributed by atoms with Crippen LogP contribution in [0, 0.1) is 0 Å². The molecular formula is C18H20Cl2N4O3. The summed E-state index contributed by atoms with van der Waals surface area (Å²) >= 11 is 5.94. The van der Waals surface area contributed by atoms with Crippen molar-refractivity contribution in [3.05, 3.63) is 53.4 Å². The number of nitrogens with zero attached hydrogens (tertiary/aromatic N) is 3. The number of fused-ring (bicyclic) bond motifs is 1. The first-order chi connectivity index (χ1) is 12.5. The Hall–Kier alpha value is -1.90. The molecule has 5 atom stereocenters. The van der Waals surface area contributed by atoms with Crippen LogP contribution >= 0.6 is 24.0 Å². The number of nitrogen functional groups attached to an aromatic ring is 1. The highest BCUT2D eigenvalue weighted by atomic mass is 35.5. The molecule has 1 aliphatic rings. The number of hydrogen-bond donors (Lipinski definition) is 3. The fraction of sp³-hybridized carbons (Fsp3) is 0.333. The van der Waals surface area contributed by atoms with Gasteiger partial charge in [-0.05, 0) is 23.8 Å². The van der Waals surface area contributed by atoms with Gasteiger partial charge in [-0.25, -0.2) is 9.97 Å². The molecule has 0 radical (unpaired) electrons. The maximum Gasteiger partial charge on any atom is 0.164 e. The third-order valence-electron chi connectivity index (χ3n) is 4.98. The topological polar surface area (TPSA) is 106 Å². The zero-order valence-corrected chi connectivity index (χ0v) is 16.0. The fourth-order valence-corrected chi connectivity index (χ4v) is 3.61. The van der Waals surface area contributed by atoms with E-state index in [1.165, 1.54) is 6.33 Å². The number of anilines is 1. The maximum absolute atomic E-state index is 10.6. The lowest BCUT2D eigenvalue weighted by Crippen LogP contribution is -2.34. The van der Waals surface area contributed by atoms with Crippen molar-refractivity contribution in [2.24, 2.45) is 0 Å². The predicted molar refractivity (Wildman–Crippen MR) is 105 cm³/mol. The first-order valence-electron chi connectivity index (χ1n) is 8.31. The highest BCUT2D eigenvalue weighted by Gasteiger charge is 2.46. The monoisotopic (exact) mass is 410 g/mol. The Balaban J connectivity index is 0.00000210. The number of hydrogen-bond acceptors (Lipinski definition) is 6. The van der Waals surface area contributed by atoms with Crippen LogP contribution in [0.25, 0.3) is 11.0 Å². The molecule has 144 valence electrons. The molecule has 2 aromatic heterocycles. The molecule has 0 aliphatic carbocycles. The largest absolute Gasteiger partial charge is 0.387 e. The molecule has 0 bridgehead atoms. The summed E-state index contributed by atoms with van der Waals surface area (Å²) in [5, 5.41) is 22.5. The zero-order chi connectivity index (χ0) is 18.4. The molecule has 1 fully saturated rings. The van der Waals surface area contributed by atoms with E-state index in [2.05, 4.69) is 9.97 Å². The zero-order valence-electron chi connectivity index (χ0n) is 14.4. The lowest BCUT2D eigenvalue weighted by molar-refractivity contribution is -0.0409. The molecule has 7 nitrogen and oxygen atoms in total. The average molecular weight is 411 g/mol. The van der Waals surface area contributed by atoms with Crippen molar-refractivity contribution in [1.82, 2.24) is 14.5 Å². The number of aromatic nitrogens is 3. The van der Waals surface area contributed by atoms with Crippen molar-refractivity contribution >= 4 is 40.9 Å². The molecule has 1 saturated heterocycles. The summed E-state index contributed by atoms with van der Waals surface area (Å²) in [6.07, 6.45) is -0.390. The normalized spacial score (nSPS) is 26.1. The minimum Gasteiger partial charge on any atom is -0.387 e. The maximum atomic E-state index is 10.6. The molecule has 4 N–H and O–H groups in total. The number of halogens is 2. The van der Waals surface area contributed by atoms with E-state index in [0.29, 0.717) is 21.9 Å². The van der Waals surface area contributed by atoms with E-state index in [0.717, 1.165) is 5.56 Å². The first kappa shape index (κ1) is 19.9. The summed E-state index contributed by atoms with van der Waals surface area (Å²) in [7, 11) is 0. The van der Waals surface area contributed by atoms with Crippen molar-refractivity contribution in [3.8, 4) is 0 Å². The second kappa shape index (κ2) is 7.61. The Morgan fingerprint density at radius 2 is 1.85 bits per heavy atom. The second-order valence-corrected chi connectivity index (χ2v) is 6.97. The van der Waals surface area contributed by atoms with Crippen LogP contribution in [0.1, 0.15) is 24.6 Å². The quantitative estimate of drug-likeness (QED) is 0.612. The van der Waals surface area contributed by atoms with Gasteiger partial charge in [-0.3, -0.25) is 0 Å². The van der Waals surface area contributed by atoms with E-state index < -0.39 is 24.5 Å². The molecular weight excluding hydrogens is 391 g/mol. The van der Waals surface area contributed by atoms with E-state index in [9.17, 15) is 10.2 Å². The van der Waals surface area contributed by atoms with Gasteiger partial charge in [0.1, 0.15) is 30.0 Å². The smallest absolute Gasteiger partial charge is 0.164 e. The van der Waals surface area contributed by atoms with Gasteiger partial charge in [-0.2, -0.15) is 0 Å². The van der Waals surface area contributed by atoms with E-state index >= 15 is 0 Å². The molecule has 9 heteroatoms. The van der Waals surface area contributed by atoms with Gasteiger partial charge in [-0.15, -0.1) is 12.4 Å². The molecule has 1 unspecified atom stereocenters. The van der Waals surface area contributed by atoms with Crippen LogP contribution in [-0.4, -0.2) is 43.1 Å². The minimum absolute atomic E-state index is 0. The highest BCUT2D eigenvalue weighted by Crippen LogP contribution is 2.38. The van der Waals surface area contributed by atoms with E-state index in [-0.39, 0.29) is 18.3 Å². The van der Waals surface area contributed by atoms with Crippen molar-refractivity contribution in [2.45, 2.75) is 37.4 Å². The molecule has 1 aliphatic heterocycles. The summed E-state index contributed by atoms with van der Waals surface area (Å²) in [6.45, 7) is 1.94. The summed E-state index contributed by atoms with van der Waals surface area (Å²) in [4.78, 5) is 8.19. The summed E-state index contributed by atoms with van der Waals surface area (Å²) < 4.78 is 7.73. The Morgan fingerprint density at radius 1 is 1.15 bits per heavy atom. The molecule has 0 saturated carbocycles. The number of aliphatic hydroxyl groups is 2. The third-order valence-corrected chi connectivity index (χ3v) is 5.23. The predicted octanol–water partition coefficient (Wildman–Crippen LogP) is 2.51. The Bertz CT molecular complexity index is 934. The molecule has 0 spiro atoms. The van der Waals surface area contributed by atoms with Crippen LogP contribution in [0.3, 0.4) is 0 Å². The second-order valence-electron chi connectivity index (χ2n) is 6.53. The Labute approximate surface area is 167 Å². The number of nitrogens with two attached hydrogens (primary N) is 1. The van der Waals surface area contributed by atoms with Gasteiger partial charge < -0.3 is 25.3 Å². The van der Waals surface area contributed by atoms with Gasteiger partial charge in [0.15, 0.2) is 6.23 Å². The van der Waals surface area contributed by atoms with Crippen LogP contribution in [0.2, 0.25) is 5.02 Å². The van der Waals surface area contributed by atoms with Gasteiger partial charge >= 0.3 is 0 Å². The van der Waals surface area contributed by atoms with Crippen LogP contribution in [0.4, 0.5) is 5.82 Å². The molecule has 27 heavy (non-hydrogen) atoms. The van der Waals surface area contributed by atoms with Gasteiger partial charge in [0.2, 0.25) is 0 Å². The van der Waals surface area contributed by atoms with Crippen LogP contribution < -0.4 is 5.73 Å². The van der Waals surface area contributed by atoms with Crippen molar-refractivity contribution in [2.75, 3.05) is 5.73 Å². The van der Waals surface area contributed by atoms with Crippen molar-refractivity contribution in [3.63, 3.8) is 0 Å². The van der Waals surface area contributed by atoms with Gasteiger partial charge in [0.25, 0.3) is 0 Å².